The Morgan fingerprint density at radius 2 is 1.89 bits per heavy atom. The first kappa shape index (κ1) is 14.7. The number of carboxylic acids is 1. The highest BCUT2D eigenvalue weighted by Gasteiger charge is 2.18. The van der Waals surface area contributed by atoms with Gasteiger partial charge in [0.15, 0.2) is 0 Å². The van der Waals surface area contributed by atoms with Gasteiger partial charge in [0.05, 0.1) is 0 Å². The molecule has 1 unspecified atom stereocenters. The Morgan fingerprint density at radius 3 is 2.33 bits per heavy atom. The summed E-state index contributed by atoms with van der Waals surface area (Å²) in [6, 6.07) is 7.29. The van der Waals surface area contributed by atoms with Gasteiger partial charge in [-0.05, 0) is 36.4 Å². The van der Waals surface area contributed by atoms with Gasteiger partial charge in [-0.2, -0.15) is 0 Å². The van der Waals surface area contributed by atoms with E-state index in [0.29, 0.717) is 12.5 Å². The van der Waals surface area contributed by atoms with E-state index in [1.165, 1.54) is 5.56 Å². The molecule has 0 heterocycles. The van der Waals surface area contributed by atoms with Crippen molar-refractivity contribution in [2.24, 2.45) is 5.92 Å². The fraction of sp³-hybridized carbons (Fsp3) is 0.533. The van der Waals surface area contributed by atoms with Crippen molar-refractivity contribution in [2.45, 2.75) is 39.7 Å². The third-order valence-corrected chi connectivity index (χ3v) is 2.80. The SMILES string of the molecule is CCCNC(C(=O)O)c1ccc(CC(C)C)cc1. The van der Waals surface area contributed by atoms with E-state index >= 15 is 0 Å². The summed E-state index contributed by atoms with van der Waals surface area (Å²) < 4.78 is 0. The van der Waals surface area contributed by atoms with E-state index in [-0.39, 0.29) is 0 Å². The topological polar surface area (TPSA) is 49.3 Å². The fourth-order valence-electron chi connectivity index (χ4n) is 1.95. The average Bonchev–Trinajstić information content (AvgIpc) is 2.30. The number of carbonyl (C=O) groups is 1. The molecule has 0 saturated heterocycles. The molecule has 0 aliphatic rings. The lowest BCUT2D eigenvalue weighted by atomic mass is 9.99. The zero-order valence-corrected chi connectivity index (χ0v) is 11.4. The van der Waals surface area contributed by atoms with Crippen molar-refractivity contribution in [3.8, 4) is 0 Å². The van der Waals surface area contributed by atoms with Crippen molar-refractivity contribution < 1.29 is 9.90 Å². The largest absolute Gasteiger partial charge is 0.480 e. The number of hydrogen-bond acceptors (Lipinski definition) is 2. The average molecular weight is 249 g/mol. The molecule has 0 aliphatic carbocycles. The second-order valence-electron chi connectivity index (χ2n) is 5.06. The number of benzene rings is 1. The van der Waals surface area contributed by atoms with E-state index in [0.717, 1.165) is 18.4 Å². The summed E-state index contributed by atoms with van der Waals surface area (Å²) in [5, 5.41) is 12.3. The van der Waals surface area contributed by atoms with Crippen molar-refractivity contribution in [3.05, 3.63) is 35.4 Å². The summed E-state index contributed by atoms with van der Waals surface area (Å²) in [5.41, 5.74) is 2.08. The van der Waals surface area contributed by atoms with Crippen molar-refractivity contribution in [2.75, 3.05) is 6.54 Å². The summed E-state index contributed by atoms with van der Waals surface area (Å²) in [7, 11) is 0. The van der Waals surface area contributed by atoms with Gasteiger partial charge in [0.25, 0.3) is 0 Å². The van der Waals surface area contributed by atoms with Crippen LogP contribution in [0, 0.1) is 5.92 Å². The second kappa shape index (κ2) is 7.17. The van der Waals surface area contributed by atoms with Gasteiger partial charge in [-0.1, -0.05) is 45.0 Å². The molecule has 2 N–H and O–H groups in total. The Morgan fingerprint density at radius 1 is 1.28 bits per heavy atom. The maximum absolute atomic E-state index is 11.2. The van der Waals surface area contributed by atoms with Crippen LogP contribution in [-0.2, 0) is 11.2 Å². The summed E-state index contributed by atoms with van der Waals surface area (Å²) in [6.45, 7) is 7.09. The van der Waals surface area contributed by atoms with Gasteiger partial charge in [0, 0.05) is 0 Å². The molecular weight excluding hydrogens is 226 g/mol. The number of hydrogen-bond donors (Lipinski definition) is 2. The third kappa shape index (κ3) is 4.49. The summed E-state index contributed by atoms with van der Waals surface area (Å²) in [5.74, 6) is -0.204. The molecule has 0 saturated carbocycles. The molecular formula is C15H23NO2. The molecule has 0 radical (unpaired) electrons. The Labute approximate surface area is 109 Å². The molecule has 1 aromatic rings. The van der Waals surface area contributed by atoms with Crippen LogP contribution in [0.25, 0.3) is 0 Å². The monoisotopic (exact) mass is 249 g/mol. The van der Waals surface area contributed by atoms with Gasteiger partial charge in [0.1, 0.15) is 6.04 Å². The minimum Gasteiger partial charge on any atom is -0.480 e. The second-order valence-corrected chi connectivity index (χ2v) is 5.06. The lowest BCUT2D eigenvalue weighted by Gasteiger charge is -2.15. The van der Waals surface area contributed by atoms with Crippen LogP contribution in [0.15, 0.2) is 24.3 Å². The highest BCUT2D eigenvalue weighted by Crippen LogP contribution is 2.16. The molecule has 1 atom stereocenters. The van der Waals surface area contributed by atoms with Crippen LogP contribution < -0.4 is 5.32 Å². The molecule has 18 heavy (non-hydrogen) atoms. The lowest BCUT2D eigenvalue weighted by Crippen LogP contribution is -2.29. The van der Waals surface area contributed by atoms with E-state index in [4.69, 9.17) is 0 Å². The molecule has 3 nitrogen and oxygen atoms in total. The molecule has 3 heteroatoms. The number of rotatable bonds is 7. The highest BCUT2D eigenvalue weighted by atomic mass is 16.4. The molecule has 100 valence electrons. The van der Waals surface area contributed by atoms with Crippen LogP contribution in [0.2, 0.25) is 0 Å². The molecule has 0 aliphatic heterocycles. The van der Waals surface area contributed by atoms with E-state index in [2.05, 4.69) is 19.2 Å². The standard InChI is InChI=1S/C15H23NO2/c1-4-9-16-14(15(17)18)13-7-5-12(6-8-13)10-11(2)3/h5-8,11,14,16H,4,9-10H2,1-3H3,(H,17,18). The zero-order valence-electron chi connectivity index (χ0n) is 11.4. The predicted molar refractivity (Wildman–Crippen MR) is 73.7 cm³/mol. The number of nitrogens with one attached hydrogen (secondary N) is 1. The van der Waals surface area contributed by atoms with E-state index in [9.17, 15) is 9.90 Å². The minimum absolute atomic E-state index is 0.599. The Hall–Kier alpha value is -1.35. The van der Waals surface area contributed by atoms with Gasteiger partial charge in [-0.3, -0.25) is 4.79 Å². The Balaban J connectivity index is 2.77. The molecule has 1 aromatic carbocycles. The van der Waals surface area contributed by atoms with Crippen LogP contribution in [0.3, 0.4) is 0 Å². The molecule has 0 aromatic heterocycles. The van der Waals surface area contributed by atoms with Crippen LogP contribution >= 0.6 is 0 Å². The zero-order chi connectivity index (χ0) is 13.5. The molecule has 0 bridgehead atoms. The third-order valence-electron chi connectivity index (χ3n) is 2.80. The highest BCUT2D eigenvalue weighted by molar-refractivity contribution is 5.75. The van der Waals surface area contributed by atoms with Crippen LogP contribution in [0.1, 0.15) is 44.4 Å². The van der Waals surface area contributed by atoms with Gasteiger partial charge >= 0.3 is 5.97 Å². The van der Waals surface area contributed by atoms with Gasteiger partial charge in [0.2, 0.25) is 0 Å². The van der Waals surface area contributed by atoms with Gasteiger partial charge in [-0.25, -0.2) is 0 Å². The first-order valence-corrected chi connectivity index (χ1v) is 6.59. The van der Waals surface area contributed by atoms with E-state index in [1.54, 1.807) is 0 Å². The smallest absolute Gasteiger partial charge is 0.325 e. The molecule has 0 spiro atoms. The summed E-state index contributed by atoms with van der Waals surface area (Å²) in [6.07, 6.45) is 1.95. The maximum atomic E-state index is 11.2. The normalized spacial score (nSPS) is 12.7. The quantitative estimate of drug-likeness (QED) is 0.781. The lowest BCUT2D eigenvalue weighted by molar-refractivity contribution is -0.139. The van der Waals surface area contributed by atoms with Crippen LogP contribution in [0.5, 0.6) is 0 Å². The minimum atomic E-state index is -0.819. The van der Waals surface area contributed by atoms with E-state index in [1.807, 2.05) is 31.2 Å². The maximum Gasteiger partial charge on any atom is 0.325 e. The van der Waals surface area contributed by atoms with Crippen molar-refractivity contribution in [1.82, 2.24) is 5.32 Å². The van der Waals surface area contributed by atoms with Crippen LogP contribution in [-0.4, -0.2) is 17.6 Å². The predicted octanol–water partition coefficient (Wildman–Crippen LogP) is 3.01. The van der Waals surface area contributed by atoms with E-state index < -0.39 is 12.0 Å². The Kier molecular flexibility index (Phi) is 5.86. The number of aliphatic carboxylic acids is 1. The Bertz CT molecular complexity index is 371. The summed E-state index contributed by atoms with van der Waals surface area (Å²) in [4.78, 5) is 11.2. The van der Waals surface area contributed by atoms with Crippen molar-refractivity contribution in [1.29, 1.82) is 0 Å². The molecule has 0 fully saturated rings. The summed E-state index contributed by atoms with van der Waals surface area (Å²) >= 11 is 0. The van der Waals surface area contributed by atoms with Crippen molar-refractivity contribution >= 4 is 5.97 Å². The molecule has 0 amide bonds. The van der Waals surface area contributed by atoms with Crippen LogP contribution in [0.4, 0.5) is 0 Å². The number of carboxylic acid groups (broad SMARTS) is 1. The first-order chi connectivity index (χ1) is 8.54. The van der Waals surface area contributed by atoms with Crippen molar-refractivity contribution in [3.63, 3.8) is 0 Å². The molecule has 1 rings (SSSR count). The van der Waals surface area contributed by atoms with Gasteiger partial charge < -0.3 is 10.4 Å². The first-order valence-electron chi connectivity index (χ1n) is 6.59. The fourth-order valence-corrected chi connectivity index (χ4v) is 1.95. The van der Waals surface area contributed by atoms with Gasteiger partial charge in [-0.15, -0.1) is 0 Å².